The van der Waals surface area contributed by atoms with E-state index in [1.807, 2.05) is 55.6 Å². The number of rotatable bonds is 4. The molecule has 156 valence electrons. The lowest BCUT2D eigenvalue weighted by molar-refractivity contribution is -0.133. The van der Waals surface area contributed by atoms with Gasteiger partial charge in [-0.3, -0.25) is 14.2 Å². The second-order valence-electron chi connectivity index (χ2n) is 7.98. The molecule has 1 amide bonds. The van der Waals surface area contributed by atoms with Crippen molar-refractivity contribution in [3.63, 3.8) is 0 Å². The lowest BCUT2D eigenvalue weighted by Gasteiger charge is -2.33. The smallest absolute Gasteiger partial charge is 0.262 e. The van der Waals surface area contributed by atoms with E-state index < -0.39 is 0 Å². The third-order valence-corrected chi connectivity index (χ3v) is 7.17. The van der Waals surface area contributed by atoms with E-state index in [1.165, 1.54) is 33.4 Å². The summed E-state index contributed by atoms with van der Waals surface area (Å²) in [5, 5.41) is 0.560. The van der Waals surface area contributed by atoms with Crippen LogP contribution in [0.15, 0.2) is 71.8 Å². The van der Waals surface area contributed by atoms with Crippen molar-refractivity contribution < 1.29 is 4.79 Å². The number of amides is 1. The Hall–Kier alpha value is -3.25. The quantitative estimate of drug-likeness (QED) is 0.474. The minimum atomic E-state index is -0.172. The Labute approximate surface area is 184 Å². The van der Waals surface area contributed by atoms with Gasteiger partial charge in [0, 0.05) is 11.9 Å². The molecule has 4 aromatic rings. The molecule has 5 nitrogen and oxygen atoms in total. The summed E-state index contributed by atoms with van der Waals surface area (Å²) in [6, 6.07) is 20.2. The maximum absolute atomic E-state index is 13.1. The molecule has 1 aliphatic rings. The van der Waals surface area contributed by atoms with Gasteiger partial charge in [-0.25, -0.2) is 4.98 Å². The van der Waals surface area contributed by atoms with E-state index in [2.05, 4.69) is 17.1 Å². The lowest BCUT2D eigenvalue weighted by Crippen LogP contribution is -2.37. The van der Waals surface area contributed by atoms with Crippen molar-refractivity contribution >= 4 is 27.5 Å². The maximum atomic E-state index is 13.1. The molecule has 0 unspecified atom stereocenters. The molecule has 0 bridgehead atoms. The molecule has 0 fully saturated rings. The summed E-state index contributed by atoms with van der Waals surface area (Å²) in [7, 11) is 1.84. The summed E-state index contributed by atoms with van der Waals surface area (Å²) in [5.41, 5.74) is 3.42. The van der Waals surface area contributed by atoms with Crippen LogP contribution in [0.5, 0.6) is 0 Å². The third kappa shape index (κ3) is 3.68. The van der Waals surface area contributed by atoms with E-state index in [4.69, 9.17) is 0 Å². The van der Waals surface area contributed by atoms with Gasteiger partial charge >= 0.3 is 0 Å². The van der Waals surface area contributed by atoms with Crippen molar-refractivity contribution in [2.24, 2.45) is 0 Å². The first-order chi connectivity index (χ1) is 15.1. The molecule has 0 N–H and O–H groups in total. The molecule has 5 rings (SSSR count). The van der Waals surface area contributed by atoms with Gasteiger partial charge in [0.2, 0.25) is 5.91 Å². The molecule has 6 heteroatoms. The zero-order chi connectivity index (χ0) is 21.4. The Bertz CT molecular complexity index is 1310. The molecule has 0 saturated heterocycles. The summed E-state index contributed by atoms with van der Waals surface area (Å²) >= 11 is 1.49. The highest BCUT2D eigenvalue weighted by atomic mass is 32.1. The standard InChI is InChI=1S/C25H23N3O2S/c1-27(21-13-7-11-17-8-5-6-12-19(17)21)23(29)15-28-16-26-24-20(25(28)30)14-22(31-24)18-9-3-2-4-10-18/h2-6,8-10,12,14,16,21H,7,11,13,15H2,1H3/t21-/m1/s1. The Morgan fingerprint density at radius 1 is 1.16 bits per heavy atom. The van der Waals surface area contributed by atoms with Crippen molar-refractivity contribution in [1.82, 2.24) is 14.5 Å². The van der Waals surface area contributed by atoms with Crippen LogP contribution in [0.1, 0.15) is 30.0 Å². The van der Waals surface area contributed by atoms with Crippen LogP contribution in [-0.2, 0) is 17.8 Å². The fourth-order valence-electron chi connectivity index (χ4n) is 4.38. The van der Waals surface area contributed by atoms with E-state index in [1.54, 1.807) is 4.90 Å². The van der Waals surface area contributed by atoms with Crippen LogP contribution in [0, 0.1) is 0 Å². The van der Waals surface area contributed by atoms with Gasteiger partial charge in [0.05, 0.1) is 17.8 Å². The molecule has 2 aromatic carbocycles. The number of benzene rings is 2. The first-order valence-corrected chi connectivity index (χ1v) is 11.3. The number of hydrogen-bond donors (Lipinski definition) is 0. The number of aromatic nitrogens is 2. The van der Waals surface area contributed by atoms with Crippen molar-refractivity contribution in [2.75, 3.05) is 7.05 Å². The number of likely N-dealkylation sites (N-methyl/N-ethyl adjacent to an activating group) is 1. The Balaban J connectivity index is 1.41. The highest BCUT2D eigenvalue weighted by Crippen LogP contribution is 2.34. The molecule has 0 radical (unpaired) electrons. The Morgan fingerprint density at radius 2 is 1.94 bits per heavy atom. The zero-order valence-electron chi connectivity index (χ0n) is 17.3. The third-order valence-electron chi connectivity index (χ3n) is 6.08. The van der Waals surface area contributed by atoms with E-state index in [0.29, 0.717) is 10.2 Å². The van der Waals surface area contributed by atoms with Crippen LogP contribution in [0.25, 0.3) is 20.7 Å². The lowest BCUT2D eigenvalue weighted by atomic mass is 9.87. The summed E-state index contributed by atoms with van der Waals surface area (Å²) in [5.74, 6) is -0.0801. The van der Waals surface area contributed by atoms with Gasteiger partial charge in [0.25, 0.3) is 5.56 Å². The molecule has 0 spiro atoms. The molecule has 2 heterocycles. The van der Waals surface area contributed by atoms with Crippen LogP contribution >= 0.6 is 11.3 Å². The predicted molar refractivity (Wildman–Crippen MR) is 124 cm³/mol. The molecule has 1 atom stereocenters. The summed E-state index contributed by atoms with van der Waals surface area (Å²) in [6.45, 7) is -0.00649. The van der Waals surface area contributed by atoms with Gasteiger partial charge in [-0.2, -0.15) is 0 Å². The fourth-order valence-corrected chi connectivity index (χ4v) is 5.37. The highest BCUT2D eigenvalue weighted by molar-refractivity contribution is 7.21. The fraction of sp³-hybridized carbons (Fsp3) is 0.240. The topological polar surface area (TPSA) is 55.2 Å². The number of hydrogen-bond acceptors (Lipinski definition) is 4. The van der Waals surface area contributed by atoms with E-state index in [0.717, 1.165) is 29.7 Å². The van der Waals surface area contributed by atoms with E-state index >= 15 is 0 Å². The van der Waals surface area contributed by atoms with Crippen LogP contribution in [0.2, 0.25) is 0 Å². The molecule has 0 saturated carbocycles. The average molecular weight is 430 g/mol. The largest absolute Gasteiger partial charge is 0.337 e. The van der Waals surface area contributed by atoms with Crippen molar-refractivity contribution in [1.29, 1.82) is 0 Å². The van der Waals surface area contributed by atoms with Gasteiger partial charge in [-0.15, -0.1) is 11.3 Å². The maximum Gasteiger partial charge on any atom is 0.262 e. The number of carbonyl (C=O) groups excluding carboxylic acids is 1. The number of nitrogens with zero attached hydrogens (tertiary/aromatic N) is 3. The van der Waals surface area contributed by atoms with Gasteiger partial charge in [0.15, 0.2) is 0 Å². The summed E-state index contributed by atoms with van der Waals surface area (Å²) in [6.07, 6.45) is 4.55. The number of thiophene rings is 1. The minimum Gasteiger partial charge on any atom is -0.337 e. The number of fused-ring (bicyclic) bond motifs is 2. The molecule has 1 aliphatic carbocycles. The average Bonchev–Trinajstić information content (AvgIpc) is 3.26. The number of aryl methyl sites for hydroxylation is 1. The van der Waals surface area contributed by atoms with Crippen LogP contribution < -0.4 is 5.56 Å². The van der Waals surface area contributed by atoms with Crippen molar-refractivity contribution in [3.05, 3.63) is 88.5 Å². The van der Waals surface area contributed by atoms with Crippen LogP contribution in [0.4, 0.5) is 0 Å². The summed E-state index contributed by atoms with van der Waals surface area (Å²) < 4.78 is 1.43. The van der Waals surface area contributed by atoms with E-state index in [9.17, 15) is 9.59 Å². The van der Waals surface area contributed by atoms with Gasteiger partial charge < -0.3 is 4.90 Å². The first kappa shape index (κ1) is 19.7. The molecule has 2 aromatic heterocycles. The Kier molecular flexibility index (Phi) is 5.16. The first-order valence-electron chi connectivity index (χ1n) is 10.5. The molecular weight excluding hydrogens is 406 g/mol. The highest BCUT2D eigenvalue weighted by Gasteiger charge is 2.26. The zero-order valence-corrected chi connectivity index (χ0v) is 18.1. The summed E-state index contributed by atoms with van der Waals surface area (Å²) in [4.78, 5) is 34.1. The molecule has 31 heavy (non-hydrogen) atoms. The predicted octanol–water partition coefficient (Wildman–Crippen LogP) is 4.66. The Morgan fingerprint density at radius 3 is 2.77 bits per heavy atom. The van der Waals surface area contributed by atoms with Crippen LogP contribution in [0.3, 0.4) is 0 Å². The van der Waals surface area contributed by atoms with Gasteiger partial charge in [-0.1, -0.05) is 54.6 Å². The van der Waals surface area contributed by atoms with Crippen molar-refractivity contribution in [2.45, 2.75) is 31.8 Å². The van der Waals surface area contributed by atoms with Crippen molar-refractivity contribution in [3.8, 4) is 10.4 Å². The number of carbonyl (C=O) groups is 1. The normalized spacial score (nSPS) is 15.6. The van der Waals surface area contributed by atoms with E-state index in [-0.39, 0.29) is 24.1 Å². The second-order valence-corrected chi connectivity index (χ2v) is 9.02. The molecular formula is C25H23N3O2S. The van der Waals surface area contributed by atoms with Crippen LogP contribution in [-0.4, -0.2) is 27.4 Å². The van der Waals surface area contributed by atoms with Gasteiger partial charge in [-0.05, 0) is 42.0 Å². The minimum absolute atomic E-state index is 0.00649. The van der Waals surface area contributed by atoms with Gasteiger partial charge in [0.1, 0.15) is 11.4 Å². The monoisotopic (exact) mass is 429 g/mol. The molecule has 0 aliphatic heterocycles. The second kappa shape index (κ2) is 8.12. The SMILES string of the molecule is CN(C(=O)Cn1cnc2sc(-c3ccccc3)cc2c1=O)[C@@H]1CCCc2ccccc21.